The fourth-order valence-corrected chi connectivity index (χ4v) is 3.00. The van der Waals surface area contributed by atoms with E-state index in [1.54, 1.807) is 0 Å². The predicted octanol–water partition coefficient (Wildman–Crippen LogP) is 2.63. The average Bonchev–Trinajstić information content (AvgIpc) is 2.54. The highest BCUT2D eigenvalue weighted by Crippen LogP contribution is 2.34. The quantitative estimate of drug-likeness (QED) is 0.786. The number of nitrogens with one attached hydrogen (secondary N) is 1. The van der Waals surface area contributed by atoms with Crippen LogP contribution in [0, 0.1) is 5.82 Å². The van der Waals surface area contributed by atoms with Crippen molar-refractivity contribution in [2.24, 2.45) is 0 Å². The summed E-state index contributed by atoms with van der Waals surface area (Å²) in [4.78, 5) is 0. The van der Waals surface area contributed by atoms with Crippen LogP contribution in [-0.2, 0) is 0 Å². The molecular formula is C9H8Br2FN2+. The minimum absolute atomic E-state index is 0.250. The monoisotopic (exact) mass is 321 g/mol. The molecule has 0 saturated heterocycles. The standard InChI is InChI=1S/C9H7Br2FN2/c10-7-3-6(12)4-8(11)9(7)14-2-1-13-5-14/h3-5H,1-2H2/p+1. The summed E-state index contributed by atoms with van der Waals surface area (Å²) in [5, 5.41) is 3.11. The first kappa shape index (κ1) is 10.1. The van der Waals surface area contributed by atoms with Crippen LogP contribution >= 0.6 is 31.9 Å². The number of nitrogens with zero attached hydrogens (tertiary/aromatic N) is 1. The molecule has 0 fully saturated rings. The molecule has 14 heavy (non-hydrogen) atoms. The molecule has 74 valence electrons. The Morgan fingerprint density at radius 3 is 2.43 bits per heavy atom. The van der Waals surface area contributed by atoms with E-state index >= 15 is 0 Å². The van der Waals surface area contributed by atoms with Crippen molar-refractivity contribution >= 4 is 43.9 Å². The maximum absolute atomic E-state index is 13.0. The van der Waals surface area contributed by atoms with Crippen molar-refractivity contribution in [3.63, 3.8) is 0 Å². The van der Waals surface area contributed by atoms with Crippen molar-refractivity contribution in [3.05, 3.63) is 26.9 Å². The minimum Gasteiger partial charge on any atom is -0.277 e. The van der Waals surface area contributed by atoms with Crippen LogP contribution in [0.1, 0.15) is 0 Å². The maximum Gasteiger partial charge on any atom is 0.237 e. The van der Waals surface area contributed by atoms with Gasteiger partial charge in [0.2, 0.25) is 6.34 Å². The van der Waals surface area contributed by atoms with Crippen molar-refractivity contribution < 1.29 is 8.97 Å². The molecule has 0 unspecified atom stereocenters. The lowest BCUT2D eigenvalue weighted by Gasteiger charge is -2.05. The van der Waals surface area contributed by atoms with E-state index in [2.05, 4.69) is 37.2 Å². The Labute approximate surface area is 98.1 Å². The zero-order valence-corrected chi connectivity index (χ0v) is 10.4. The van der Waals surface area contributed by atoms with Gasteiger partial charge in [0.25, 0.3) is 0 Å². The summed E-state index contributed by atoms with van der Waals surface area (Å²) >= 11 is 6.70. The number of rotatable bonds is 1. The van der Waals surface area contributed by atoms with Gasteiger partial charge in [0, 0.05) is 0 Å². The first-order valence-corrected chi connectivity index (χ1v) is 5.75. The molecule has 0 spiro atoms. The van der Waals surface area contributed by atoms with Gasteiger partial charge < -0.3 is 0 Å². The number of hydrogen-bond acceptors (Lipinski definition) is 1. The van der Waals surface area contributed by atoms with Crippen LogP contribution < -0.4 is 5.32 Å². The first-order valence-electron chi connectivity index (χ1n) is 4.16. The van der Waals surface area contributed by atoms with Gasteiger partial charge in [0.15, 0.2) is 5.69 Å². The van der Waals surface area contributed by atoms with Crippen molar-refractivity contribution in [2.45, 2.75) is 0 Å². The van der Waals surface area contributed by atoms with Gasteiger partial charge in [-0.05, 0) is 44.0 Å². The van der Waals surface area contributed by atoms with Gasteiger partial charge in [-0.25, -0.2) is 8.97 Å². The van der Waals surface area contributed by atoms with Crippen molar-refractivity contribution in [2.75, 3.05) is 13.1 Å². The highest BCUT2D eigenvalue weighted by Gasteiger charge is 2.18. The van der Waals surface area contributed by atoms with E-state index in [4.69, 9.17) is 0 Å². The lowest BCUT2D eigenvalue weighted by atomic mass is 10.3. The van der Waals surface area contributed by atoms with E-state index in [0.29, 0.717) is 0 Å². The van der Waals surface area contributed by atoms with Crippen LogP contribution in [0.5, 0.6) is 0 Å². The van der Waals surface area contributed by atoms with Crippen molar-refractivity contribution in [3.8, 4) is 0 Å². The Bertz CT molecular complexity index is 381. The molecule has 0 atom stereocenters. The third-order valence-corrected chi connectivity index (χ3v) is 3.22. The van der Waals surface area contributed by atoms with Crippen LogP contribution in [0.4, 0.5) is 10.1 Å². The molecule has 1 aliphatic heterocycles. The minimum atomic E-state index is -0.250. The van der Waals surface area contributed by atoms with E-state index in [9.17, 15) is 4.39 Å². The largest absolute Gasteiger partial charge is 0.277 e. The van der Waals surface area contributed by atoms with Crippen molar-refractivity contribution in [1.82, 2.24) is 5.32 Å². The number of hydrogen-bond donors (Lipinski definition) is 1. The summed E-state index contributed by atoms with van der Waals surface area (Å²) in [6, 6.07) is 2.93. The fourth-order valence-electron chi connectivity index (χ4n) is 1.41. The highest BCUT2D eigenvalue weighted by molar-refractivity contribution is 9.11. The normalized spacial score (nSPS) is 15.2. The lowest BCUT2D eigenvalue weighted by Crippen LogP contribution is -2.05. The van der Waals surface area contributed by atoms with E-state index < -0.39 is 0 Å². The molecule has 1 aliphatic rings. The Hall–Kier alpha value is -0.420. The summed E-state index contributed by atoms with van der Waals surface area (Å²) < 4.78 is 16.5. The van der Waals surface area contributed by atoms with Gasteiger partial charge in [0.1, 0.15) is 18.9 Å². The molecule has 1 heterocycles. The second-order valence-electron chi connectivity index (χ2n) is 2.99. The van der Waals surface area contributed by atoms with Gasteiger partial charge >= 0.3 is 0 Å². The summed E-state index contributed by atoms with van der Waals surface area (Å²) in [5.41, 5.74) is 0.955. The van der Waals surface area contributed by atoms with Crippen LogP contribution in [0.2, 0.25) is 0 Å². The summed E-state index contributed by atoms with van der Waals surface area (Å²) in [6.07, 6.45) is 1.89. The Morgan fingerprint density at radius 1 is 1.29 bits per heavy atom. The Kier molecular flexibility index (Phi) is 2.88. The van der Waals surface area contributed by atoms with E-state index in [-0.39, 0.29) is 5.82 Å². The van der Waals surface area contributed by atoms with Crippen LogP contribution in [0.25, 0.3) is 0 Å². The summed E-state index contributed by atoms with van der Waals surface area (Å²) in [5.74, 6) is -0.250. The van der Waals surface area contributed by atoms with Crippen molar-refractivity contribution in [1.29, 1.82) is 0 Å². The third kappa shape index (κ3) is 1.83. The predicted molar refractivity (Wildman–Crippen MR) is 60.7 cm³/mol. The Balaban J connectivity index is 2.52. The zero-order chi connectivity index (χ0) is 10.1. The van der Waals surface area contributed by atoms with E-state index in [0.717, 1.165) is 27.7 Å². The van der Waals surface area contributed by atoms with Gasteiger partial charge in [-0.15, -0.1) is 0 Å². The van der Waals surface area contributed by atoms with Gasteiger partial charge in [-0.2, -0.15) is 0 Å². The van der Waals surface area contributed by atoms with Gasteiger partial charge in [-0.3, -0.25) is 5.32 Å². The summed E-state index contributed by atoms with van der Waals surface area (Å²) in [6.45, 7) is 1.80. The molecule has 0 amide bonds. The topological polar surface area (TPSA) is 15.0 Å². The third-order valence-electron chi connectivity index (χ3n) is 2.01. The van der Waals surface area contributed by atoms with Gasteiger partial charge in [-0.1, -0.05) is 0 Å². The molecule has 0 aromatic heterocycles. The number of halogens is 3. The first-order chi connectivity index (χ1) is 6.68. The number of benzene rings is 1. The summed E-state index contributed by atoms with van der Waals surface area (Å²) in [7, 11) is 0. The van der Waals surface area contributed by atoms with E-state index in [1.807, 2.05) is 10.9 Å². The molecule has 0 saturated carbocycles. The lowest BCUT2D eigenvalue weighted by molar-refractivity contribution is -0.425. The molecule has 0 aliphatic carbocycles. The molecule has 0 radical (unpaired) electrons. The van der Waals surface area contributed by atoms with Crippen LogP contribution in [0.15, 0.2) is 21.1 Å². The van der Waals surface area contributed by atoms with Crippen LogP contribution in [0.3, 0.4) is 0 Å². The van der Waals surface area contributed by atoms with Gasteiger partial charge in [0.05, 0.1) is 8.95 Å². The SMILES string of the molecule is Fc1cc(Br)c([N+]2=CNCC2)c(Br)c1. The molecule has 2 rings (SSSR count). The second kappa shape index (κ2) is 3.98. The molecular weight excluding hydrogens is 315 g/mol. The molecule has 2 nitrogen and oxygen atoms in total. The van der Waals surface area contributed by atoms with E-state index in [1.165, 1.54) is 12.1 Å². The smallest absolute Gasteiger partial charge is 0.237 e. The zero-order valence-electron chi connectivity index (χ0n) is 7.23. The molecule has 5 heteroatoms. The fraction of sp³-hybridized carbons (Fsp3) is 0.222. The second-order valence-corrected chi connectivity index (χ2v) is 4.70. The van der Waals surface area contributed by atoms with Crippen LogP contribution in [-0.4, -0.2) is 24.0 Å². The molecule has 1 aromatic rings. The molecule has 0 bridgehead atoms. The highest BCUT2D eigenvalue weighted by atomic mass is 79.9. The molecule has 1 N–H and O–H groups in total. The molecule has 1 aromatic carbocycles. The Morgan fingerprint density at radius 2 is 1.93 bits per heavy atom. The maximum atomic E-state index is 13.0. The average molecular weight is 323 g/mol.